The Kier molecular flexibility index (Phi) is 7.40. The Morgan fingerprint density at radius 2 is 1.54 bits per heavy atom. The zero-order chi connectivity index (χ0) is 20.7. The first kappa shape index (κ1) is 21.2. The molecule has 0 aliphatic heterocycles. The van der Waals surface area contributed by atoms with E-state index in [-0.39, 0.29) is 5.78 Å². The van der Waals surface area contributed by atoms with Gasteiger partial charge in [-0.25, -0.2) is 4.98 Å². The van der Waals surface area contributed by atoms with Gasteiger partial charge in [-0.15, -0.1) is 11.3 Å². The van der Waals surface area contributed by atoms with Crippen LogP contribution >= 0.6 is 11.3 Å². The van der Waals surface area contributed by atoms with E-state index in [1.165, 1.54) is 32.7 Å². The summed E-state index contributed by atoms with van der Waals surface area (Å²) in [7, 11) is 4.53. The lowest BCUT2D eigenvalue weighted by atomic mass is 10.1. The number of rotatable bonds is 6. The predicted molar refractivity (Wildman–Crippen MR) is 113 cm³/mol. The van der Waals surface area contributed by atoms with Crippen LogP contribution in [0.2, 0.25) is 0 Å². The molecule has 0 atom stereocenters. The van der Waals surface area contributed by atoms with Crippen molar-refractivity contribution in [3.05, 3.63) is 53.0 Å². The van der Waals surface area contributed by atoms with Crippen molar-refractivity contribution in [2.75, 3.05) is 27.1 Å². The molecular weight excluding hydrogens is 376 g/mol. The first-order chi connectivity index (χ1) is 13.6. The highest BCUT2D eigenvalue weighted by molar-refractivity contribution is 7.13. The first-order valence-electron chi connectivity index (χ1n) is 8.73. The summed E-state index contributed by atoms with van der Waals surface area (Å²) in [4.78, 5) is 17.3. The van der Waals surface area contributed by atoms with Crippen LogP contribution in [0.15, 0.2) is 41.8 Å². The maximum absolute atomic E-state index is 12.9. The van der Waals surface area contributed by atoms with E-state index >= 15 is 0 Å². The van der Waals surface area contributed by atoms with Crippen LogP contribution in [0.1, 0.15) is 29.9 Å². The van der Waals surface area contributed by atoms with Gasteiger partial charge in [0.05, 0.1) is 21.3 Å². The number of carbonyl (C=O) groups excluding carboxylic acids is 1. The van der Waals surface area contributed by atoms with Gasteiger partial charge in [0.2, 0.25) is 11.5 Å². The van der Waals surface area contributed by atoms with Gasteiger partial charge in [0.25, 0.3) is 0 Å². The van der Waals surface area contributed by atoms with E-state index < -0.39 is 0 Å². The van der Waals surface area contributed by atoms with Crippen LogP contribution in [0.4, 0.5) is 5.69 Å². The second kappa shape index (κ2) is 9.75. The van der Waals surface area contributed by atoms with Crippen LogP contribution in [0.5, 0.6) is 17.2 Å². The number of nitrogens with zero attached hydrogens (tertiary/aromatic N) is 1. The lowest BCUT2D eigenvalue weighted by Gasteiger charge is -2.13. The van der Waals surface area contributed by atoms with E-state index in [1.807, 2.05) is 26.0 Å². The summed E-state index contributed by atoms with van der Waals surface area (Å²) in [5, 5.41) is 2.48. The number of aromatic nitrogens is 1. The quantitative estimate of drug-likeness (QED) is 0.478. The number of nitrogens with two attached hydrogens (primary N) is 1. The molecule has 0 saturated heterocycles. The average molecular weight is 401 g/mol. The van der Waals surface area contributed by atoms with E-state index in [4.69, 9.17) is 19.9 Å². The van der Waals surface area contributed by atoms with E-state index in [9.17, 15) is 4.79 Å². The van der Waals surface area contributed by atoms with Crippen LogP contribution in [0, 0.1) is 0 Å². The Morgan fingerprint density at radius 1 is 0.964 bits per heavy atom. The fraction of sp³-hybridized carbons (Fsp3) is 0.238. The van der Waals surface area contributed by atoms with E-state index in [2.05, 4.69) is 4.98 Å². The summed E-state index contributed by atoms with van der Waals surface area (Å²) in [6.45, 7) is 4.00. The summed E-state index contributed by atoms with van der Waals surface area (Å²) in [5.41, 5.74) is 8.07. The Morgan fingerprint density at radius 3 is 2.04 bits per heavy atom. The van der Waals surface area contributed by atoms with Crippen molar-refractivity contribution in [3.63, 3.8) is 0 Å². The summed E-state index contributed by atoms with van der Waals surface area (Å²) in [6, 6.07) is 10.6. The molecular formula is C21H24N2O4S. The van der Waals surface area contributed by atoms with Crippen LogP contribution in [-0.4, -0.2) is 32.1 Å². The smallest absolute Gasteiger partial charge is 0.212 e. The van der Waals surface area contributed by atoms with Gasteiger partial charge in [-0.2, -0.15) is 0 Å². The number of hydrogen-bond donors (Lipinski definition) is 1. The van der Waals surface area contributed by atoms with Gasteiger partial charge in [0.15, 0.2) is 11.5 Å². The molecule has 3 aromatic rings. The molecule has 2 aromatic carbocycles. The summed E-state index contributed by atoms with van der Waals surface area (Å²) >= 11 is 1.40. The Balaban J connectivity index is 0.00000136. The second-order valence-corrected chi connectivity index (χ2v) is 6.26. The molecule has 2 N–H and O–H groups in total. The van der Waals surface area contributed by atoms with Crippen molar-refractivity contribution < 1.29 is 19.0 Å². The lowest BCUT2D eigenvalue weighted by Crippen LogP contribution is -2.04. The summed E-state index contributed by atoms with van der Waals surface area (Å²) < 4.78 is 15.9. The molecule has 28 heavy (non-hydrogen) atoms. The fourth-order valence-corrected chi connectivity index (χ4v) is 3.30. The third-order valence-corrected chi connectivity index (χ3v) is 4.71. The molecule has 0 unspecified atom stereocenters. The molecule has 6 nitrogen and oxygen atoms in total. The number of nitrogen functional groups attached to an aromatic ring is 1. The number of ketones is 1. The Hall–Kier alpha value is -3.06. The maximum atomic E-state index is 12.9. The minimum atomic E-state index is -0.220. The molecule has 0 aliphatic carbocycles. The first-order valence-corrected chi connectivity index (χ1v) is 9.61. The molecule has 148 valence electrons. The van der Waals surface area contributed by atoms with Crippen LogP contribution < -0.4 is 19.9 Å². The molecule has 0 bridgehead atoms. The van der Waals surface area contributed by atoms with Crippen LogP contribution in [-0.2, 0) is 0 Å². The number of thiazole rings is 1. The van der Waals surface area contributed by atoms with Crippen molar-refractivity contribution in [3.8, 4) is 27.8 Å². The van der Waals surface area contributed by atoms with Gasteiger partial charge >= 0.3 is 0 Å². The minimum absolute atomic E-state index is 0.220. The molecule has 1 heterocycles. The highest BCUT2D eigenvalue weighted by atomic mass is 32.1. The Bertz CT molecular complexity index is 911. The second-order valence-electron chi connectivity index (χ2n) is 5.40. The zero-order valence-corrected chi connectivity index (χ0v) is 17.4. The van der Waals surface area contributed by atoms with Crippen molar-refractivity contribution in [1.29, 1.82) is 0 Å². The van der Waals surface area contributed by atoms with Crippen molar-refractivity contribution in [2.24, 2.45) is 0 Å². The molecule has 0 aliphatic rings. The fourth-order valence-electron chi connectivity index (χ4n) is 2.50. The van der Waals surface area contributed by atoms with E-state index in [0.717, 1.165) is 10.6 Å². The zero-order valence-electron chi connectivity index (χ0n) is 16.6. The number of ether oxygens (including phenoxy) is 3. The molecule has 0 amide bonds. The van der Waals surface area contributed by atoms with Crippen LogP contribution in [0.25, 0.3) is 10.6 Å². The molecule has 0 radical (unpaired) electrons. The number of carbonyl (C=O) groups is 1. The van der Waals surface area contributed by atoms with Gasteiger partial charge in [0, 0.05) is 22.2 Å². The number of benzene rings is 2. The number of hydrogen-bond acceptors (Lipinski definition) is 7. The van der Waals surface area contributed by atoms with Crippen molar-refractivity contribution in [2.45, 2.75) is 13.8 Å². The lowest BCUT2D eigenvalue weighted by molar-refractivity contribution is 0.103. The number of anilines is 1. The third kappa shape index (κ3) is 4.43. The van der Waals surface area contributed by atoms with E-state index in [1.54, 1.807) is 29.6 Å². The van der Waals surface area contributed by atoms with Crippen molar-refractivity contribution >= 4 is 22.8 Å². The van der Waals surface area contributed by atoms with Gasteiger partial charge in [-0.05, 0) is 36.4 Å². The van der Waals surface area contributed by atoms with Gasteiger partial charge in [-0.1, -0.05) is 13.8 Å². The minimum Gasteiger partial charge on any atom is -0.493 e. The van der Waals surface area contributed by atoms with Crippen molar-refractivity contribution in [1.82, 2.24) is 4.98 Å². The largest absolute Gasteiger partial charge is 0.493 e. The third-order valence-electron chi connectivity index (χ3n) is 3.82. The SMILES string of the molecule is CC.COc1cc(C(=O)c2csc(-c3ccc(N)cc3)n2)cc(OC)c1OC. The summed E-state index contributed by atoms with van der Waals surface area (Å²) in [5.74, 6) is 1.06. The Labute approximate surface area is 168 Å². The average Bonchev–Trinajstić information content (AvgIpc) is 3.24. The van der Waals surface area contributed by atoms with Gasteiger partial charge in [-0.3, -0.25) is 4.79 Å². The monoisotopic (exact) mass is 400 g/mol. The maximum Gasteiger partial charge on any atom is 0.212 e. The normalized spacial score (nSPS) is 9.89. The molecule has 0 fully saturated rings. The van der Waals surface area contributed by atoms with Gasteiger partial charge in [0.1, 0.15) is 10.7 Å². The highest BCUT2D eigenvalue weighted by Gasteiger charge is 2.20. The highest BCUT2D eigenvalue weighted by Crippen LogP contribution is 2.39. The molecule has 7 heteroatoms. The standard InChI is InChI=1S/C19H18N2O4S.C2H6/c1-23-15-8-12(9-16(24-2)18(15)25-3)17(22)14-10-26-19(21-14)11-4-6-13(20)7-5-11;1-2/h4-10H,20H2,1-3H3;1-2H3. The topological polar surface area (TPSA) is 83.7 Å². The van der Waals surface area contributed by atoms with Crippen LogP contribution in [0.3, 0.4) is 0 Å². The molecule has 3 rings (SSSR count). The molecule has 1 aromatic heterocycles. The molecule has 0 saturated carbocycles. The summed E-state index contributed by atoms with van der Waals surface area (Å²) in [6.07, 6.45) is 0. The number of methoxy groups -OCH3 is 3. The molecule has 0 spiro atoms. The van der Waals surface area contributed by atoms with E-state index in [0.29, 0.717) is 34.2 Å². The predicted octanol–water partition coefficient (Wildman–Crippen LogP) is 4.68. The van der Waals surface area contributed by atoms with Gasteiger partial charge < -0.3 is 19.9 Å².